The standard InChI is InChI=1S/C12H20O/c1-4-6-7-9-11(3)10-12(13)8-5-2/h4,6-7,9,12-13H,1,5,8,10H2,2-3H3/b7-6-,11-9+/t12-/m0/s1. The highest BCUT2D eigenvalue weighted by Crippen LogP contribution is 2.09. The average molecular weight is 180 g/mol. The van der Waals surface area contributed by atoms with Crippen LogP contribution in [0.1, 0.15) is 33.1 Å². The monoisotopic (exact) mass is 180 g/mol. The lowest BCUT2D eigenvalue weighted by Crippen LogP contribution is -2.05. The van der Waals surface area contributed by atoms with Gasteiger partial charge in [0.25, 0.3) is 0 Å². The third kappa shape index (κ3) is 7.54. The molecule has 0 aliphatic heterocycles. The summed E-state index contributed by atoms with van der Waals surface area (Å²) in [4.78, 5) is 0. The summed E-state index contributed by atoms with van der Waals surface area (Å²) in [6.45, 7) is 7.70. The quantitative estimate of drug-likeness (QED) is 0.622. The molecule has 13 heavy (non-hydrogen) atoms. The lowest BCUT2D eigenvalue weighted by Gasteiger charge is -2.08. The Hall–Kier alpha value is -0.820. The number of allylic oxidation sites excluding steroid dienone is 4. The first kappa shape index (κ1) is 12.2. The van der Waals surface area contributed by atoms with Crippen LogP contribution in [0, 0.1) is 0 Å². The lowest BCUT2D eigenvalue weighted by atomic mass is 10.1. The smallest absolute Gasteiger partial charge is 0.0577 e. The van der Waals surface area contributed by atoms with E-state index in [1.807, 2.05) is 25.2 Å². The van der Waals surface area contributed by atoms with Crippen molar-refractivity contribution in [3.8, 4) is 0 Å². The molecular weight excluding hydrogens is 160 g/mol. The van der Waals surface area contributed by atoms with Crippen molar-refractivity contribution >= 4 is 0 Å². The van der Waals surface area contributed by atoms with Gasteiger partial charge in [-0.05, 0) is 19.8 Å². The minimum Gasteiger partial charge on any atom is -0.393 e. The molecule has 0 aromatic carbocycles. The van der Waals surface area contributed by atoms with Crippen molar-refractivity contribution in [3.63, 3.8) is 0 Å². The van der Waals surface area contributed by atoms with Gasteiger partial charge in [0.15, 0.2) is 0 Å². The van der Waals surface area contributed by atoms with Gasteiger partial charge in [0, 0.05) is 0 Å². The molecule has 0 radical (unpaired) electrons. The summed E-state index contributed by atoms with van der Waals surface area (Å²) in [5.74, 6) is 0. The van der Waals surface area contributed by atoms with Crippen molar-refractivity contribution in [2.45, 2.75) is 39.2 Å². The molecule has 0 spiro atoms. The van der Waals surface area contributed by atoms with Crippen LogP contribution in [-0.4, -0.2) is 11.2 Å². The van der Waals surface area contributed by atoms with Crippen LogP contribution >= 0.6 is 0 Å². The van der Waals surface area contributed by atoms with Crippen LogP contribution in [0.25, 0.3) is 0 Å². The molecule has 0 aromatic rings. The minimum atomic E-state index is -0.182. The fourth-order valence-electron chi connectivity index (χ4n) is 1.17. The van der Waals surface area contributed by atoms with Gasteiger partial charge in [-0.15, -0.1) is 0 Å². The highest BCUT2D eigenvalue weighted by Gasteiger charge is 2.01. The fraction of sp³-hybridized carbons (Fsp3) is 0.500. The van der Waals surface area contributed by atoms with E-state index in [1.54, 1.807) is 6.08 Å². The Bertz CT molecular complexity index is 189. The molecule has 1 N–H and O–H groups in total. The third-order valence-electron chi connectivity index (χ3n) is 1.81. The Labute approximate surface area is 81.5 Å². The van der Waals surface area contributed by atoms with Crippen LogP contribution in [-0.2, 0) is 0 Å². The van der Waals surface area contributed by atoms with Crippen molar-refractivity contribution in [2.24, 2.45) is 0 Å². The van der Waals surface area contributed by atoms with Gasteiger partial charge in [0.2, 0.25) is 0 Å². The first-order valence-electron chi connectivity index (χ1n) is 4.83. The van der Waals surface area contributed by atoms with Gasteiger partial charge in [-0.25, -0.2) is 0 Å². The zero-order valence-electron chi connectivity index (χ0n) is 8.66. The largest absolute Gasteiger partial charge is 0.393 e. The number of hydrogen-bond donors (Lipinski definition) is 1. The summed E-state index contributed by atoms with van der Waals surface area (Å²) in [5.41, 5.74) is 1.21. The van der Waals surface area contributed by atoms with E-state index < -0.39 is 0 Å². The molecule has 0 saturated carbocycles. The van der Waals surface area contributed by atoms with Gasteiger partial charge in [-0.2, -0.15) is 0 Å². The summed E-state index contributed by atoms with van der Waals surface area (Å²) in [5, 5.41) is 9.49. The summed E-state index contributed by atoms with van der Waals surface area (Å²) in [7, 11) is 0. The van der Waals surface area contributed by atoms with Crippen LogP contribution in [0.2, 0.25) is 0 Å². The second-order valence-electron chi connectivity index (χ2n) is 3.28. The summed E-state index contributed by atoms with van der Waals surface area (Å²) >= 11 is 0. The van der Waals surface area contributed by atoms with Gasteiger partial charge in [-0.3, -0.25) is 0 Å². The van der Waals surface area contributed by atoms with Gasteiger partial charge in [0.05, 0.1) is 6.10 Å². The molecule has 0 amide bonds. The van der Waals surface area contributed by atoms with Crippen LogP contribution in [0.15, 0.2) is 36.5 Å². The maximum absolute atomic E-state index is 9.49. The molecule has 74 valence electrons. The second-order valence-corrected chi connectivity index (χ2v) is 3.28. The van der Waals surface area contributed by atoms with E-state index in [2.05, 4.69) is 13.5 Å². The van der Waals surface area contributed by atoms with E-state index in [4.69, 9.17) is 0 Å². The summed E-state index contributed by atoms with van der Waals surface area (Å²) in [6, 6.07) is 0. The average Bonchev–Trinajstić information content (AvgIpc) is 2.05. The van der Waals surface area contributed by atoms with Gasteiger partial charge in [-0.1, -0.05) is 49.8 Å². The number of aliphatic hydroxyl groups excluding tert-OH is 1. The van der Waals surface area contributed by atoms with Crippen molar-refractivity contribution in [1.29, 1.82) is 0 Å². The topological polar surface area (TPSA) is 20.2 Å². The summed E-state index contributed by atoms with van der Waals surface area (Å²) in [6.07, 6.45) is 10.1. The molecule has 0 aromatic heterocycles. The molecule has 0 saturated heterocycles. The Morgan fingerprint density at radius 1 is 1.46 bits per heavy atom. The summed E-state index contributed by atoms with van der Waals surface area (Å²) < 4.78 is 0. The van der Waals surface area contributed by atoms with E-state index in [1.165, 1.54) is 5.57 Å². The van der Waals surface area contributed by atoms with E-state index in [0.717, 1.165) is 19.3 Å². The van der Waals surface area contributed by atoms with Crippen LogP contribution < -0.4 is 0 Å². The molecule has 0 heterocycles. The molecule has 0 aliphatic rings. The van der Waals surface area contributed by atoms with Crippen LogP contribution in [0.3, 0.4) is 0 Å². The minimum absolute atomic E-state index is 0.182. The predicted molar refractivity (Wildman–Crippen MR) is 58.6 cm³/mol. The maximum Gasteiger partial charge on any atom is 0.0577 e. The Kier molecular flexibility index (Phi) is 7.32. The van der Waals surface area contributed by atoms with E-state index >= 15 is 0 Å². The number of hydrogen-bond acceptors (Lipinski definition) is 1. The zero-order valence-corrected chi connectivity index (χ0v) is 8.66. The Morgan fingerprint density at radius 2 is 2.15 bits per heavy atom. The predicted octanol–water partition coefficient (Wildman–Crippen LogP) is 3.23. The third-order valence-corrected chi connectivity index (χ3v) is 1.81. The van der Waals surface area contributed by atoms with Gasteiger partial charge >= 0.3 is 0 Å². The maximum atomic E-state index is 9.49. The fourth-order valence-corrected chi connectivity index (χ4v) is 1.17. The second kappa shape index (κ2) is 7.81. The molecule has 1 atom stereocenters. The molecular formula is C12H20O. The SMILES string of the molecule is C=C/C=C\C=C(/C)C[C@@H](O)CCC. The number of rotatable bonds is 6. The van der Waals surface area contributed by atoms with Crippen molar-refractivity contribution < 1.29 is 5.11 Å². The highest BCUT2D eigenvalue weighted by molar-refractivity contribution is 5.14. The molecule has 0 unspecified atom stereocenters. The zero-order chi connectivity index (χ0) is 10.1. The van der Waals surface area contributed by atoms with E-state index in [-0.39, 0.29) is 6.10 Å². The molecule has 0 rings (SSSR count). The van der Waals surface area contributed by atoms with Crippen molar-refractivity contribution in [3.05, 3.63) is 36.5 Å². The first-order chi connectivity index (χ1) is 6.20. The molecule has 0 fully saturated rings. The van der Waals surface area contributed by atoms with Crippen LogP contribution in [0.5, 0.6) is 0 Å². The normalized spacial score (nSPS) is 14.8. The van der Waals surface area contributed by atoms with Crippen molar-refractivity contribution in [1.82, 2.24) is 0 Å². The molecule has 1 heteroatoms. The molecule has 1 nitrogen and oxygen atoms in total. The van der Waals surface area contributed by atoms with Gasteiger partial charge in [0.1, 0.15) is 0 Å². The first-order valence-corrected chi connectivity index (χ1v) is 4.83. The Balaban J connectivity index is 3.83. The van der Waals surface area contributed by atoms with E-state index in [9.17, 15) is 5.11 Å². The highest BCUT2D eigenvalue weighted by atomic mass is 16.3. The Morgan fingerprint density at radius 3 is 2.69 bits per heavy atom. The number of aliphatic hydroxyl groups is 1. The molecule has 0 aliphatic carbocycles. The lowest BCUT2D eigenvalue weighted by molar-refractivity contribution is 0.164. The van der Waals surface area contributed by atoms with Gasteiger partial charge < -0.3 is 5.11 Å². The molecule has 0 bridgehead atoms. The van der Waals surface area contributed by atoms with Crippen molar-refractivity contribution in [2.75, 3.05) is 0 Å². The van der Waals surface area contributed by atoms with Crippen LogP contribution in [0.4, 0.5) is 0 Å². The van der Waals surface area contributed by atoms with E-state index in [0.29, 0.717) is 0 Å².